The van der Waals surface area contributed by atoms with Gasteiger partial charge in [0.1, 0.15) is 5.60 Å². The lowest BCUT2D eigenvalue weighted by atomic mass is 10.1. The molecule has 0 aromatic carbocycles. The Morgan fingerprint density at radius 1 is 1.56 bits per heavy atom. The maximum absolute atomic E-state index is 12.1. The highest BCUT2D eigenvalue weighted by atomic mass is 16.6. The zero-order chi connectivity index (χ0) is 13.8. The number of carbonyl (C=O) groups is 1. The SMILES string of the molecule is C[C@H](O)CCC1COCCN1C(=O)OC(C)(C)C. The molecule has 0 spiro atoms. The Labute approximate surface area is 109 Å². The quantitative estimate of drug-likeness (QED) is 0.839. The summed E-state index contributed by atoms with van der Waals surface area (Å²) in [5, 5.41) is 9.32. The molecule has 1 rings (SSSR count). The van der Waals surface area contributed by atoms with Crippen molar-refractivity contribution in [2.24, 2.45) is 0 Å². The molecular weight excluding hydrogens is 234 g/mol. The Kier molecular flexibility index (Phi) is 5.41. The third kappa shape index (κ3) is 5.23. The summed E-state index contributed by atoms with van der Waals surface area (Å²) in [5.41, 5.74) is -0.482. The van der Waals surface area contributed by atoms with Crippen LogP contribution >= 0.6 is 0 Å². The van der Waals surface area contributed by atoms with Crippen molar-refractivity contribution in [2.75, 3.05) is 19.8 Å². The molecule has 0 aliphatic carbocycles. The Morgan fingerprint density at radius 3 is 2.78 bits per heavy atom. The molecule has 1 fully saturated rings. The van der Waals surface area contributed by atoms with Gasteiger partial charge in [0.2, 0.25) is 0 Å². The highest BCUT2D eigenvalue weighted by Crippen LogP contribution is 2.18. The normalized spacial score (nSPS) is 22.7. The smallest absolute Gasteiger partial charge is 0.410 e. The molecule has 0 saturated carbocycles. The molecule has 1 N–H and O–H groups in total. The highest BCUT2D eigenvalue weighted by Gasteiger charge is 2.30. The second-order valence-electron chi connectivity index (χ2n) is 5.83. The topological polar surface area (TPSA) is 59.0 Å². The molecule has 1 unspecified atom stereocenters. The minimum absolute atomic E-state index is 0.00296. The first-order chi connectivity index (χ1) is 8.29. The molecule has 0 aromatic heterocycles. The summed E-state index contributed by atoms with van der Waals surface area (Å²) in [6, 6.07) is 0.00296. The molecule has 2 atom stereocenters. The van der Waals surface area contributed by atoms with Gasteiger partial charge in [0, 0.05) is 6.54 Å². The minimum Gasteiger partial charge on any atom is -0.444 e. The fraction of sp³-hybridized carbons (Fsp3) is 0.923. The van der Waals surface area contributed by atoms with Crippen LogP contribution in [0, 0.1) is 0 Å². The van der Waals surface area contributed by atoms with Crippen LogP contribution in [0.4, 0.5) is 4.79 Å². The zero-order valence-corrected chi connectivity index (χ0v) is 11.8. The molecule has 5 nitrogen and oxygen atoms in total. The van der Waals surface area contributed by atoms with Gasteiger partial charge in [-0.15, -0.1) is 0 Å². The van der Waals surface area contributed by atoms with Crippen LogP contribution < -0.4 is 0 Å². The molecule has 1 saturated heterocycles. The zero-order valence-electron chi connectivity index (χ0n) is 11.8. The lowest BCUT2D eigenvalue weighted by Crippen LogP contribution is -2.50. The van der Waals surface area contributed by atoms with E-state index in [0.717, 1.165) is 6.42 Å². The van der Waals surface area contributed by atoms with Crippen LogP contribution in [0.1, 0.15) is 40.5 Å². The summed E-state index contributed by atoms with van der Waals surface area (Å²) >= 11 is 0. The number of ether oxygens (including phenoxy) is 2. The third-order valence-electron chi connectivity index (χ3n) is 2.77. The third-order valence-corrected chi connectivity index (χ3v) is 2.77. The first-order valence-electron chi connectivity index (χ1n) is 6.55. The van der Waals surface area contributed by atoms with Gasteiger partial charge in [0.05, 0.1) is 25.4 Å². The highest BCUT2D eigenvalue weighted by molar-refractivity contribution is 5.68. The molecule has 5 heteroatoms. The van der Waals surface area contributed by atoms with E-state index in [2.05, 4.69) is 0 Å². The van der Waals surface area contributed by atoms with Crippen LogP contribution in [0.15, 0.2) is 0 Å². The number of rotatable bonds is 3. The number of aliphatic hydroxyl groups is 1. The molecule has 1 heterocycles. The summed E-state index contributed by atoms with van der Waals surface area (Å²) < 4.78 is 10.8. The Bertz CT molecular complexity index is 273. The van der Waals surface area contributed by atoms with Crippen molar-refractivity contribution in [1.29, 1.82) is 0 Å². The fourth-order valence-electron chi connectivity index (χ4n) is 1.89. The number of aliphatic hydroxyl groups excluding tert-OH is 1. The fourth-order valence-corrected chi connectivity index (χ4v) is 1.89. The molecule has 0 radical (unpaired) electrons. The van der Waals surface area contributed by atoms with Crippen molar-refractivity contribution in [3.63, 3.8) is 0 Å². The average molecular weight is 259 g/mol. The van der Waals surface area contributed by atoms with Gasteiger partial charge in [0.25, 0.3) is 0 Å². The van der Waals surface area contributed by atoms with Gasteiger partial charge < -0.3 is 19.5 Å². The van der Waals surface area contributed by atoms with Crippen LogP contribution in [0.5, 0.6) is 0 Å². The van der Waals surface area contributed by atoms with Crippen molar-refractivity contribution >= 4 is 6.09 Å². The molecular formula is C13H25NO4. The minimum atomic E-state index is -0.482. The number of carbonyl (C=O) groups excluding carboxylic acids is 1. The molecule has 0 bridgehead atoms. The molecule has 1 aliphatic heterocycles. The van der Waals surface area contributed by atoms with Crippen LogP contribution in [0.2, 0.25) is 0 Å². The Balaban J connectivity index is 2.55. The lowest BCUT2D eigenvalue weighted by Gasteiger charge is -2.36. The second-order valence-corrected chi connectivity index (χ2v) is 5.83. The van der Waals surface area contributed by atoms with Gasteiger partial charge in [0.15, 0.2) is 0 Å². The van der Waals surface area contributed by atoms with E-state index in [0.29, 0.717) is 26.2 Å². The van der Waals surface area contributed by atoms with Crippen LogP contribution in [-0.4, -0.2) is 53.6 Å². The van der Waals surface area contributed by atoms with Crippen molar-refractivity contribution < 1.29 is 19.4 Å². The van der Waals surface area contributed by atoms with Crippen molar-refractivity contribution in [2.45, 2.75) is 58.3 Å². The van der Waals surface area contributed by atoms with Crippen molar-refractivity contribution in [3.05, 3.63) is 0 Å². The van der Waals surface area contributed by atoms with Crippen molar-refractivity contribution in [1.82, 2.24) is 4.90 Å². The summed E-state index contributed by atoms with van der Waals surface area (Å²) in [5.74, 6) is 0. The van der Waals surface area contributed by atoms with Crippen LogP contribution in [-0.2, 0) is 9.47 Å². The molecule has 18 heavy (non-hydrogen) atoms. The van der Waals surface area contributed by atoms with E-state index in [-0.39, 0.29) is 18.2 Å². The second kappa shape index (κ2) is 6.38. The Hall–Kier alpha value is -0.810. The number of nitrogens with zero attached hydrogens (tertiary/aromatic N) is 1. The van der Waals surface area contributed by atoms with Gasteiger partial charge in [-0.2, -0.15) is 0 Å². The van der Waals surface area contributed by atoms with E-state index in [9.17, 15) is 9.90 Å². The first kappa shape index (κ1) is 15.2. The summed E-state index contributed by atoms with van der Waals surface area (Å²) in [6.07, 6.45) is 0.748. The molecule has 106 valence electrons. The Morgan fingerprint density at radius 2 is 2.22 bits per heavy atom. The van der Waals surface area contributed by atoms with E-state index in [1.54, 1.807) is 11.8 Å². The van der Waals surface area contributed by atoms with E-state index in [1.807, 2.05) is 20.8 Å². The first-order valence-corrected chi connectivity index (χ1v) is 6.55. The van der Waals surface area contributed by atoms with E-state index in [1.165, 1.54) is 0 Å². The molecule has 1 aliphatic rings. The van der Waals surface area contributed by atoms with E-state index in [4.69, 9.17) is 9.47 Å². The number of hydrogen-bond donors (Lipinski definition) is 1. The standard InChI is InChI=1S/C13H25NO4/c1-10(15)5-6-11-9-17-8-7-14(11)12(16)18-13(2,3)4/h10-11,15H,5-9H2,1-4H3/t10-,11?/m0/s1. The average Bonchev–Trinajstić information content (AvgIpc) is 2.24. The molecule has 1 amide bonds. The van der Waals surface area contributed by atoms with Gasteiger partial charge in [-0.3, -0.25) is 0 Å². The monoisotopic (exact) mass is 259 g/mol. The number of amides is 1. The van der Waals surface area contributed by atoms with E-state index >= 15 is 0 Å². The van der Waals surface area contributed by atoms with Gasteiger partial charge in [-0.05, 0) is 40.5 Å². The van der Waals surface area contributed by atoms with Gasteiger partial charge in [-0.25, -0.2) is 4.79 Å². The molecule has 0 aromatic rings. The number of morpholine rings is 1. The maximum atomic E-state index is 12.1. The van der Waals surface area contributed by atoms with Crippen LogP contribution in [0.3, 0.4) is 0 Å². The summed E-state index contributed by atoms with van der Waals surface area (Å²) in [6.45, 7) is 8.94. The lowest BCUT2D eigenvalue weighted by molar-refractivity contribution is -0.0362. The predicted molar refractivity (Wildman–Crippen MR) is 68.5 cm³/mol. The van der Waals surface area contributed by atoms with E-state index < -0.39 is 5.60 Å². The summed E-state index contributed by atoms with van der Waals surface area (Å²) in [7, 11) is 0. The predicted octanol–water partition coefficient (Wildman–Crippen LogP) is 1.78. The van der Waals surface area contributed by atoms with Gasteiger partial charge in [-0.1, -0.05) is 0 Å². The van der Waals surface area contributed by atoms with Gasteiger partial charge >= 0.3 is 6.09 Å². The van der Waals surface area contributed by atoms with Crippen molar-refractivity contribution in [3.8, 4) is 0 Å². The summed E-state index contributed by atoms with van der Waals surface area (Å²) in [4.78, 5) is 13.8. The number of hydrogen-bond acceptors (Lipinski definition) is 4. The largest absolute Gasteiger partial charge is 0.444 e. The van der Waals surface area contributed by atoms with Crippen LogP contribution in [0.25, 0.3) is 0 Å². The maximum Gasteiger partial charge on any atom is 0.410 e.